The lowest BCUT2D eigenvalue weighted by molar-refractivity contribution is 0.0686. The van der Waals surface area contributed by atoms with E-state index in [4.69, 9.17) is 5.11 Å². The molecule has 0 unspecified atom stereocenters. The van der Waals surface area contributed by atoms with Gasteiger partial charge in [-0.05, 0) is 6.92 Å². The number of aromatic nitrogens is 4. The first-order valence-corrected chi connectivity index (χ1v) is 6.60. The molecule has 0 radical (unpaired) electrons. The highest BCUT2D eigenvalue weighted by Gasteiger charge is 2.28. The molecule has 102 valence electrons. The van der Waals surface area contributed by atoms with Gasteiger partial charge >= 0.3 is 5.97 Å². The van der Waals surface area contributed by atoms with Crippen molar-refractivity contribution >= 4 is 21.8 Å². The minimum absolute atomic E-state index is 0.145. The standard InChI is InChI=1S/C9H11N5O4S/c1-5-8(7(9(15)16)12-11-5)19(17,18)13-6-3-4-10-14(6)2/h3-4,13H,1-2H3,(H,11,12)(H,15,16). The molecule has 19 heavy (non-hydrogen) atoms. The number of nitrogens with zero attached hydrogens (tertiary/aromatic N) is 3. The molecule has 2 aromatic heterocycles. The molecule has 3 N–H and O–H groups in total. The maximum atomic E-state index is 12.2. The number of hydrogen-bond acceptors (Lipinski definition) is 5. The van der Waals surface area contributed by atoms with Crippen molar-refractivity contribution in [2.45, 2.75) is 11.8 Å². The Morgan fingerprint density at radius 1 is 1.53 bits per heavy atom. The fourth-order valence-electron chi connectivity index (χ4n) is 1.56. The van der Waals surface area contributed by atoms with Gasteiger partial charge in [0.15, 0.2) is 5.69 Å². The molecule has 0 fully saturated rings. The number of aromatic carboxylic acids is 1. The van der Waals surface area contributed by atoms with E-state index in [0.717, 1.165) is 0 Å². The number of sulfonamides is 1. The predicted octanol–water partition coefficient (Wildman–Crippen LogP) is -0.0494. The summed E-state index contributed by atoms with van der Waals surface area (Å²) >= 11 is 0. The third kappa shape index (κ3) is 2.29. The first kappa shape index (κ1) is 13.1. The van der Waals surface area contributed by atoms with Crippen LogP contribution in [0.5, 0.6) is 0 Å². The van der Waals surface area contributed by atoms with Crippen molar-refractivity contribution in [3.05, 3.63) is 23.7 Å². The zero-order valence-corrected chi connectivity index (χ0v) is 10.9. The normalized spacial score (nSPS) is 11.5. The summed E-state index contributed by atoms with van der Waals surface area (Å²) in [5, 5.41) is 18.6. The fourth-order valence-corrected chi connectivity index (χ4v) is 2.97. The van der Waals surface area contributed by atoms with Gasteiger partial charge in [0.2, 0.25) is 0 Å². The van der Waals surface area contributed by atoms with Crippen LogP contribution >= 0.6 is 0 Å². The highest BCUT2D eigenvalue weighted by Crippen LogP contribution is 2.20. The molecule has 0 bridgehead atoms. The summed E-state index contributed by atoms with van der Waals surface area (Å²) < 4.78 is 27.9. The van der Waals surface area contributed by atoms with Gasteiger partial charge in [0, 0.05) is 13.1 Å². The molecule has 2 rings (SSSR count). The average Bonchev–Trinajstić information content (AvgIpc) is 2.86. The number of rotatable bonds is 4. The Bertz CT molecular complexity index is 730. The molecule has 2 aromatic rings. The van der Waals surface area contributed by atoms with Gasteiger partial charge in [-0.25, -0.2) is 13.2 Å². The van der Waals surface area contributed by atoms with Crippen molar-refractivity contribution < 1.29 is 18.3 Å². The van der Waals surface area contributed by atoms with Crippen LogP contribution in [0.4, 0.5) is 5.82 Å². The number of hydrogen-bond donors (Lipinski definition) is 3. The molecule has 9 nitrogen and oxygen atoms in total. The van der Waals surface area contributed by atoms with E-state index < -0.39 is 21.7 Å². The maximum absolute atomic E-state index is 12.2. The zero-order chi connectivity index (χ0) is 14.2. The van der Waals surface area contributed by atoms with Gasteiger partial charge in [-0.2, -0.15) is 10.2 Å². The lowest BCUT2D eigenvalue weighted by Gasteiger charge is -2.07. The first-order valence-electron chi connectivity index (χ1n) is 5.12. The predicted molar refractivity (Wildman–Crippen MR) is 64.3 cm³/mol. The van der Waals surface area contributed by atoms with Crippen molar-refractivity contribution in [3.63, 3.8) is 0 Å². The van der Waals surface area contributed by atoms with Crippen molar-refractivity contribution in [1.82, 2.24) is 20.0 Å². The van der Waals surface area contributed by atoms with Gasteiger partial charge in [0.1, 0.15) is 10.7 Å². The molecular formula is C9H11N5O4S. The third-order valence-electron chi connectivity index (χ3n) is 2.42. The Labute approximate surface area is 108 Å². The Kier molecular flexibility index (Phi) is 3.02. The molecule has 0 atom stereocenters. The average molecular weight is 285 g/mol. The van der Waals surface area contributed by atoms with E-state index >= 15 is 0 Å². The number of carboxylic acids is 1. The summed E-state index contributed by atoms with van der Waals surface area (Å²) in [4.78, 5) is 10.6. The van der Waals surface area contributed by atoms with E-state index in [1.807, 2.05) is 0 Å². The quantitative estimate of drug-likeness (QED) is 0.722. The number of anilines is 1. The molecule has 0 aliphatic heterocycles. The van der Waals surface area contributed by atoms with Crippen LogP contribution in [0.15, 0.2) is 17.2 Å². The number of nitrogens with one attached hydrogen (secondary N) is 2. The number of carboxylic acid groups (broad SMARTS) is 1. The Balaban J connectivity index is 2.49. The SMILES string of the molecule is Cc1[nH]nc(C(=O)O)c1S(=O)(=O)Nc1ccnn1C. The molecule has 0 aliphatic carbocycles. The summed E-state index contributed by atoms with van der Waals surface area (Å²) in [5.74, 6) is -1.20. The number of aromatic amines is 1. The van der Waals surface area contributed by atoms with Gasteiger partial charge in [0.05, 0.1) is 11.9 Å². The van der Waals surface area contributed by atoms with Crippen LogP contribution in [-0.4, -0.2) is 39.5 Å². The molecule has 0 spiro atoms. The molecule has 0 amide bonds. The molecule has 0 aromatic carbocycles. The van der Waals surface area contributed by atoms with Gasteiger partial charge in [-0.1, -0.05) is 0 Å². The van der Waals surface area contributed by atoms with E-state index in [-0.39, 0.29) is 16.4 Å². The molecule has 0 saturated heterocycles. The smallest absolute Gasteiger partial charge is 0.357 e. The lowest BCUT2D eigenvalue weighted by Crippen LogP contribution is -2.18. The first-order chi connectivity index (χ1) is 8.83. The summed E-state index contributed by atoms with van der Waals surface area (Å²) in [6.07, 6.45) is 1.41. The topological polar surface area (TPSA) is 130 Å². The van der Waals surface area contributed by atoms with E-state index in [2.05, 4.69) is 20.0 Å². The minimum atomic E-state index is -4.05. The van der Waals surface area contributed by atoms with Gasteiger partial charge < -0.3 is 5.11 Å². The molecule has 10 heteroatoms. The van der Waals surface area contributed by atoms with Crippen molar-refractivity contribution in [3.8, 4) is 0 Å². The van der Waals surface area contributed by atoms with Crippen LogP contribution in [0.2, 0.25) is 0 Å². The van der Waals surface area contributed by atoms with E-state index in [9.17, 15) is 13.2 Å². The molecule has 0 aliphatic rings. The minimum Gasteiger partial charge on any atom is -0.476 e. The molecule has 2 heterocycles. The molecular weight excluding hydrogens is 274 g/mol. The summed E-state index contributed by atoms with van der Waals surface area (Å²) in [5.41, 5.74) is -0.403. The van der Waals surface area contributed by atoms with Gasteiger partial charge in [-0.15, -0.1) is 0 Å². The van der Waals surface area contributed by atoms with Crippen molar-refractivity contribution in [2.24, 2.45) is 7.05 Å². The highest BCUT2D eigenvalue weighted by molar-refractivity contribution is 7.92. The second kappa shape index (κ2) is 4.39. The zero-order valence-electron chi connectivity index (χ0n) is 10.1. The van der Waals surface area contributed by atoms with Crippen LogP contribution in [0.3, 0.4) is 0 Å². The van der Waals surface area contributed by atoms with E-state index in [1.54, 1.807) is 7.05 Å². The monoisotopic (exact) mass is 285 g/mol. The summed E-state index contributed by atoms with van der Waals surface area (Å²) in [6, 6.07) is 1.45. The van der Waals surface area contributed by atoms with Gasteiger partial charge in [0.25, 0.3) is 10.0 Å². The maximum Gasteiger partial charge on any atom is 0.357 e. The van der Waals surface area contributed by atoms with Crippen LogP contribution in [0, 0.1) is 6.92 Å². The summed E-state index contributed by atoms with van der Waals surface area (Å²) in [6.45, 7) is 1.43. The summed E-state index contributed by atoms with van der Waals surface area (Å²) in [7, 11) is -2.50. The Morgan fingerprint density at radius 3 is 2.74 bits per heavy atom. The van der Waals surface area contributed by atoms with Crippen LogP contribution in [0.1, 0.15) is 16.2 Å². The Hall–Kier alpha value is -2.36. The second-order valence-electron chi connectivity index (χ2n) is 3.78. The highest BCUT2D eigenvalue weighted by atomic mass is 32.2. The fraction of sp³-hybridized carbons (Fsp3) is 0.222. The largest absolute Gasteiger partial charge is 0.476 e. The lowest BCUT2D eigenvalue weighted by atomic mass is 10.4. The molecule has 0 saturated carbocycles. The van der Waals surface area contributed by atoms with Crippen molar-refractivity contribution in [1.29, 1.82) is 0 Å². The third-order valence-corrected chi connectivity index (χ3v) is 3.94. The van der Waals surface area contributed by atoms with Crippen LogP contribution in [-0.2, 0) is 17.1 Å². The van der Waals surface area contributed by atoms with Crippen LogP contribution < -0.4 is 4.72 Å². The van der Waals surface area contributed by atoms with E-state index in [0.29, 0.717) is 0 Å². The van der Waals surface area contributed by atoms with Crippen LogP contribution in [0.25, 0.3) is 0 Å². The number of aryl methyl sites for hydroxylation is 2. The van der Waals surface area contributed by atoms with Gasteiger partial charge in [-0.3, -0.25) is 14.5 Å². The number of H-pyrrole nitrogens is 1. The van der Waals surface area contributed by atoms with E-state index in [1.165, 1.54) is 23.9 Å². The van der Waals surface area contributed by atoms with Crippen molar-refractivity contribution in [2.75, 3.05) is 4.72 Å². The Morgan fingerprint density at radius 2 is 2.21 bits per heavy atom. The number of carbonyl (C=O) groups is 1. The second-order valence-corrected chi connectivity index (χ2v) is 5.40.